The number of nitrogens with zero attached hydrogens (tertiary/aromatic N) is 2. The molecule has 5 nitrogen and oxygen atoms in total. The first-order valence-corrected chi connectivity index (χ1v) is 13.3. The number of hydrogen-bond donors (Lipinski definition) is 0. The first kappa shape index (κ1) is 23.5. The van der Waals surface area contributed by atoms with E-state index in [0.717, 1.165) is 17.4 Å². The van der Waals surface area contributed by atoms with Crippen LogP contribution in [0.3, 0.4) is 0 Å². The van der Waals surface area contributed by atoms with Crippen molar-refractivity contribution in [3.63, 3.8) is 0 Å². The van der Waals surface area contributed by atoms with Crippen molar-refractivity contribution in [2.45, 2.75) is 37.1 Å². The molecule has 1 aromatic carbocycles. The second-order valence-corrected chi connectivity index (χ2v) is 11.7. The SMILES string of the molecule is CS(=O)(=O)N1COCC12C[C@@H]1CC(F)(F)CC[C@H]1[C@@H]2C=Cc1ccc(-c2cccc(F)c2)cn1. The maximum atomic E-state index is 14.2. The molecule has 5 rings (SSSR count). The highest BCUT2D eigenvalue weighted by Gasteiger charge is 2.62. The van der Waals surface area contributed by atoms with Crippen molar-refractivity contribution in [1.29, 1.82) is 0 Å². The van der Waals surface area contributed by atoms with Crippen LogP contribution < -0.4 is 0 Å². The molecule has 2 saturated carbocycles. The van der Waals surface area contributed by atoms with Gasteiger partial charge in [-0.2, -0.15) is 4.31 Å². The van der Waals surface area contributed by atoms with E-state index >= 15 is 0 Å². The van der Waals surface area contributed by atoms with Crippen molar-refractivity contribution >= 4 is 16.1 Å². The Kier molecular flexibility index (Phi) is 5.85. The lowest BCUT2D eigenvalue weighted by Crippen LogP contribution is -2.51. The highest BCUT2D eigenvalue weighted by molar-refractivity contribution is 7.88. The van der Waals surface area contributed by atoms with E-state index in [4.69, 9.17) is 4.74 Å². The summed E-state index contributed by atoms with van der Waals surface area (Å²) in [4.78, 5) is 4.46. The van der Waals surface area contributed by atoms with Crippen LogP contribution >= 0.6 is 0 Å². The highest BCUT2D eigenvalue weighted by Crippen LogP contribution is 2.58. The zero-order chi connectivity index (χ0) is 24.1. The lowest BCUT2D eigenvalue weighted by atomic mass is 9.75. The summed E-state index contributed by atoms with van der Waals surface area (Å²) < 4.78 is 74.1. The fraction of sp³-hybridized carbons (Fsp3) is 0.480. The minimum atomic E-state index is -3.58. The van der Waals surface area contributed by atoms with Gasteiger partial charge in [0.2, 0.25) is 15.9 Å². The van der Waals surface area contributed by atoms with E-state index in [1.165, 1.54) is 16.4 Å². The van der Waals surface area contributed by atoms with Gasteiger partial charge in [0, 0.05) is 30.5 Å². The van der Waals surface area contributed by atoms with Crippen molar-refractivity contribution in [2.75, 3.05) is 19.6 Å². The topological polar surface area (TPSA) is 59.5 Å². The van der Waals surface area contributed by atoms with Gasteiger partial charge >= 0.3 is 0 Å². The van der Waals surface area contributed by atoms with Gasteiger partial charge in [-0.1, -0.05) is 24.3 Å². The highest BCUT2D eigenvalue weighted by atomic mass is 32.2. The third-order valence-electron chi connectivity index (χ3n) is 7.58. The number of hydrogen-bond acceptors (Lipinski definition) is 4. The quantitative estimate of drug-likeness (QED) is 0.605. The van der Waals surface area contributed by atoms with E-state index in [1.807, 2.05) is 24.3 Å². The van der Waals surface area contributed by atoms with Gasteiger partial charge in [-0.3, -0.25) is 4.98 Å². The third kappa shape index (κ3) is 4.29. The number of pyridine rings is 1. The van der Waals surface area contributed by atoms with Gasteiger partial charge in [-0.15, -0.1) is 0 Å². The zero-order valence-electron chi connectivity index (χ0n) is 18.8. The Hall–Kier alpha value is -2.23. The van der Waals surface area contributed by atoms with Crippen molar-refractivity contribution < 1.29 is 26.3 Å². The number of halogens is 3. The fourth-order valence-corrected chi connectivity index (χ4v) is 7.33. The Balaban J connectivity index is 1.45. The van der Waals surface area contributed by atoms with Crippen LogP contribution in [0.5, 0.6) is 0 Å². The number of rotatable bonds is 4. The molecule has 2 aliphatic carbocycles. The molecule has 2 aromatic rings. The summed E-state index contributed by atoms with van der Waals surface area (Å²) in [5.41, 5.74) is 1.29. The number of benzene rings is 1. The van der Waals surface area contributed by atoms with E-state index in [1.54, 1.807) is 18.3 Å². The zero-order valence-corrected chi connectivity index (χ0v) is 19.6. The lowest BCUT2D eigenvalue weighted by molar-refractivity contribution is -0.0659. The standard InChI is InChI=1S/C25H27F3N2O3S/c1-34(31,32)30-16-33-15-24(30)12-19-13-25(27,28)10-9-22(19)23(24)8-7-21-6-5-18(14-29-21)17-3-2-4-20(26)11-17/h2-8,11,14,19,22-23H,9-10,12-13,15-16H2,1H3/t19-,22-,23+,24?/m1/s1. The van der Waals surface area contributed by atoms with Crippen LogP contribution in [0.2, 0.25) is 0 Å². The Morgan fingerprint density at radius 1 is 1.18 bits per heavy atom. The van der Waals surface area contributed by atoms with E-state index in [2.05, 4.69) is 4.98 Å². The monoisotopic (exact) mass is 492 g/mol. The molecule has 3 aliphatic rings. The van der Waals surface area contributed by atoms with Crippen molar-refractivity contribution in [1.82, 2.24) is 9.29 Å². The third-order valence-corrected chi connectivity index (χ3v) is 8.85. The van der Waals surface area contributed by atoms with Crippen LogP contribution in [-0.2, 0) is 14.8 Å². The van der Waals surface area contributed by atoms with E-state index < -0.39 is 21.5 Å². The summed E-state index contributed by atoms with van der Waals surface area (Å²) >= 11 is 0. The number of ether oxygens (including phenoxy) is 1. The fourth-order valence-electron chi connectivity index (χ4n) is 6.16. The predicted molar refractivity (Wildman–Crippen MR) is 123 cm³/mol. The average molecular weight is 493 g/mol. The van der Waals surface area contributed by atoms with Crippen LogP contribution in [0.15, 0.2) is 48.7 Å². The first-order chi connectivity index (χ1) is 16.1. The average Bonchev–Trinajstić information content (AvgIpc) is 3.32. The molecule has 0 radical (unpaired) electrons. The predicted octanol–water partition coefficient (Wildman–Crippen LogP) is 4.96. The summed E-state index contributed by atoms with van der Waals surface area (Å²) in [6.45, 7) is 0.138. The first-order valence-electron chi connectivity index (χ1n) is 11.4. The minimum Gasteiger partial charge on any atom is -0.363 e. The van der Waals surface area contributed by atoms with Crippen molar-refractivity contribution in [3.8, 4) is 11.1 Å². The molecule has 3 fully saturated rings. The van der Waals surface area contributed by atoms with Gasteiger partial charge in [-0.05, 0) is 54.5 Å². The Labute approximate surface area is 197 Å². The normalized spacial score (nSPS) is 31.4. The van der Waals surface area contributed by atoms with Gasteiger partial charge in [0.1, 0.15) is 12.5 Å². The molecule has 0 bridgehead atoms. The van der Waals surface area contributed by atoms with Crippen LogP contribution in [0, 0.1) is 23.6 Å². The lowest BCUT2D eigenvalue weighted by Gasteiger charge is -2.37. The number of aromatic nitrogens is 1. The van der Waals surface area contributed by atoms with E-state index in [0.29, 0.717) is 18.5 Å². The molecule has 34 heavy (non-hydrogen) atoms. The summed E-state index contributed by atoms with van der Waals surface area (Å²) in [5.74, 6) is -3.61. The molecule has 182 valence electrons. The van der Waals surface area contributed by atoms with Gasteiger partial charge in [-0.25, -0.2) is 21.6 Å². The summed E-state index contributed by atoms with van der Waals surface area (Å²) in [7, 11) is -3.58. The number of alkyl halides is 2. The molecule has 1 unspecified atom stereocenters. The number of sulfonamides is 1. The number of fused-ring (bicyclic) bond motifs is 1. The smallest absolute Gasteiger partial charge is 0.248 e. The molecule has 1 spiro atoms. The molecule has 9 heteroatoms. The van der Waals surface area contributed by atoms with Gasteiger partial charge in [0.05, 0.1) is 24.1 Å². The summed E-state index contributed by atoms with van der Waals surface area (Å²) in [6.07, 6.45) is 6.87. The molecular formula is C25H27F3N2O3S. The van der Waals surface area contributed by atoms with Crippen molar-refractivity contribution in [2.24, 2.45) is 17.8 Å². The Morgan fingerprint density at radius 3 is 2.71 bits per heavy atom. The maximum Gasteiger partial charge on any atom is 0.248 e. The maximum absolute atomic E-state index is 14.2. The van der Waals surface area contributed by atoms with E-state index in [9.17, 15) is 21.6 Å². The van der Waals surface area contributed by atoms with Crippen LogP contribution in [0.1, 0.15) is 31.4 Å². The molecule has 1 saturated heterocycles. The van der Waals surface area contributed by atoms with Gasteiger partial charge in [0.15, 0.2) is 0 Å². The van der Waals surface area contributed by atoms with Crippen LogP contribution in [-0.4, -0.2) is 48.8 Å². The second-order valence-electron chi connectivity index (χ2n) is 9.79. The van der Waals surface area contributed by atoms with E-state index in [-0.39, 0.29) is 49.8 Å². The minimum absolute atomic E-state index is 0.0478. The molecule has 4 atom stereocenters. The van der Waals surface area contributed by atoms with Gasteiger partial charge < -0.3 is 4.74 Å². The Bertz CT molecular complexity index is 1200. The molecule has 2 heterocycles. The summed E-state index contributed by atoms with van der Waals surface area (Å²) in [5, 5.41) is 0. The molecule has 0 amide bonds. The molecule has 1 aliphatic heterocycles. The molecular weight excluding hydrogens is 465 g/mol. The largest absolute Gasteiger partial charge is 0.363 e. The van der Waals surface area contributed by atoms with Crippen LogP contribution in [0.25, 0.3) is 17.2 Å². The molecule has 1 aromatic heterocycles. The van der Waals surface area contributed by atoms with Crippen LogP contribution in [0.4, 0.5) is 13.2 Å². The second kappa shape index (κ2) is 8.46. The molecule has 0 N–H and O–H groups in total. The van der Waals surface area contributed by atoms with Gasteiger partial charge in [0.25, 0.3) is 0 Å². The summed E-state index contributed by atoms with van der Waals surface area (Å²) in [6, 6.07) is 9.91. The van der Waals surface area contributed by atoms with Crippen molar-refractivity contribution in [3.05, 3.63) is 60.2 Å². The Morgan fingerprint density at radius 2 is 2.00 bits per heavy atom.